The molecular weight excluding hydrogens is 366 g/mol. The topological polar surface area (TPSA) is 29.5 Å². The number of hydrogen-bond acceptors (Lipinski definition) is 3. The smallest absolute Gasteiger partial charge is 0.255 e. The minimum absolute atomic E-state index is 0.0267. The Labute approximate surface area is 164 Å². The van der Waals surface area contributed by atoms with Gasteiger partial charge >= 0.3 is 0 Å². The third-order valence-electron chi connectivity index (χ3n) is 4.44. The van der Waals surface area contributed by atoms with Crippen LogP contribution in [0.2, 0.25) is 5.02 Å². The van der Waals surface area contributed by atoms with Crippen LogP contribution in [0.25, 0.3) is 0 Å². The van der Waals surface area contributed by atoms with Gasteiger partial charge in [-0.1, -0.05) is 49.6 Å². The normalized spacial score (nSPS) is 16.7. The average molecular weight is 390 g/mol. The average Bonchev–Trinajstić information content (AvgIpc) is 3.15. The molecule has 3 rings (SSSR count). The number of carbonyl (C=O) groups is 1. The van der Waals surface area contributed by atoms with E-state index in [0.29, 0.717) is 10.6 Å². The molecule has 0 radical (unpaired) electrons. The summed E-state index contributed by atoms with van der Waals surface area (Å²) in [6.07, 6.45) is 3.41. The lowest BCUT2D eigenvalue weighted by atomic mass is 10.1. The zero-order valence-corrected chi connectivity index (χ0v) is 16.6. The Morgan fingerprint density at radius 2 is 1.96 bits per heavy atom. The van der Waals surface area contributed by atoms with Crippen LogP contribution >= 0.6 is 23.4 Å². The van der Waals surface area contributed by atoms with Gasteiger partial charge in [-0.3, -0.25) is 4.79 Å². The molecule has 0 aromatic heterocycles. The van der Waals surface area contributed by atoms with Gasteiger partial charge < -0.3 is 9.64 Å². The summed E-state index contributed by atoms with van der Waals surface area (Å²) >= 11 is 8.10. The van der Waals surface area contributed by atoms with Crippen LogP contribution in [0.1, 0.15) is 47.5 Å². The lowest BCUT2D eigenvalue weighted by molar-refractivity contribution is 0.0760. The Morgan fingerprint density at radius 3 is 2.69 bits per heavy atom. The fourth-order valence-electron chi connectivity index (χ4n) is 3.01. The van der Waals surface area contributed by atoms with E-state index in [1.807, 2.05) is 53.4 Å². The molecule has 5 heteroatoms. The highest BCUT2D eigenvalue weighted by Crippen LogP contribution is 2.41. The van der Waals surface area contributed by atoms with Crippen molar-refractivity contribution in [2.45, 2.75) is 31.6 Å². The minimum atomic E-state index is -0.0267. The van der Waals surface area contributed by atoms with E-state index in [1.54, 1.807) is 11.8 Å². The number of nitrogens with zero attached hydrogens (tertiary/aromatic N) is 1. The van der Waals surface area contributed by atoms with E-state index < -0.39 is 0 Å². The van der Waals surface area contributed by atoms with Crippen LogP contribution in [0.15, 0.2) is 48.5 Å². The molecule has 2 aromatic carbocycles. The number of unbranched alkanes of at least 4 members (excludes halogenated alkanes) is 2. The first kappa shape index (κ1) is 19.1. The Balaban J connectivity index is 1.67. The molecule has 1 unspecified atom stereocenters. The molecule has 0 bridgehead atoms. The highest BCUT2D eigenvalue weighted by molar-refractivity contribution is 7.99. The fourth-order valence-corrected chi connectivity index (χ4v) is 4.61. The third-order valence-corrected chi connectivity index (χ3v) is 6.03. The zero-order chi connectivity index (χ0) is 18.4. The number of rotatable bonds is 7. The second kappa shape index (κ2) is 9.33. The summed E-state index contributed by atoms with van der Waals surface area (Å²) in [5.74, 6) is 1.77. The quantitative estimate of drug-likeness (QED) is 0.560. The van der Waals surface area contributed by atoms with E-state index in [-0.39, 0.29) is 11.3 Å². The number of ether oxygens (including phenoxy) is 1. The predicted molar refractivity (Wildman–Crippen MR) is 109 cm³/mol. The van der Waals surface area contributed by atoms with Crippen molar-refractivity contribution >= 4 is 29.3 Å². The third kappa shape index (κ3) is 4.54. The second-order valence-corrected chi connectivity index (χ2v) is 7.92. The standard InChI is InChI=1S/C21H24ClNO2S/c1-2-3-6-14-25-17-11-9-16(10-12-17)20(24)23-13-15-26-21(23)18-7-4-5-8-19(18)22/h4-5,7-12,21H,2-3,6,13-15H2,1H3. The molecule has 0 saturated carbocycles. The van der Waals surface area contributed by atoms with Crippen LogP contribution in [-0.4, -0.2) is 29.7 Å². The summed E-state index contributed by atoms with van der Waals surface area (Å²) < 4.78 is 5.73. The van der Waals surface area contributed by atoms with Crippen molar-refractivity contribution < 1.29 is 9.53 Å². The van der Waals surface area contributed by atoms with Crippen molar-refractivity contribution in [2.24, 2.45) is 0 Å². The molecule has 0 spiro atoms. The van der Waals surface area contributed by atoms with Gasteiger partial charge in [0.15, 0.2) is 0 Å². The summed E-state index contributed by atoms with van der Waals surface area (Å²) in [7, 11) is 0. The molecule has 138 valence electrons. The van der Waals surface area contributed by atoms with Crippen molar-refractivity contribution in [1.29, 1.82) is 0 Å². The Kier molecular flexibility index (Phi) is 6.86. The Bertz CT molecular complexity index is 735. The van der Waals surface area contributed by atoms with Crippen LogP contribution in [0.5, 0.6) is 5.75 Å². The van der Waals surface area contributed by atoms with Crippen LogP contribution in [0.4, 0.5) is 0 Å². The molecule has 2 aromatic rings. The number of halogens is 1. The molecule has 26 heavy (non-hydrogen) atoms. The molecule has 1 saturated heterocycles. The zero-order valence-electron chi connectivity index (χ0n) is 15.0. The molecule has 1 aliphatic rings. The molecule has 1 heterocycles. The molecule has 1 aliphatic heterocycles. The van der Waals surface area contributed by atoms with Gasteiger partial charge in [0, 0.05) is 28.4 Å². The monoisotopic (exact) mass is 389 g/mol. The number of benzene rings is 2. The fraction of sp³-hybridized carbons (Fsp3) is 0.381. The van der Waals surface area contributed by atoms with Crippen molar-refractivity contribution in [1.82, 2.24) is 4.90 Å². The number of amides is 1. The van der Waals surface area contributed by atoms with E-state index in [0.717, 1.165) is 36.6 Å². The van der Waals surface area contributed by atoms with Gasteiger partial charge in [-0.15, -0.1) is 11.8 Å². The molecular formula is C21H24ClNO2S. The first-order valence-electron chi connectivity index (χ1n) is 9.10. The first-order valence-corrected chi connectivity index (χ1v) is 10.5. The Hall–Kier alpha value is -1.65. The number of carbonyl (C=O) groups excluding carboxylic acids is 1. The van der Waals surface area contributed by atoms with E-state index in [4.69, 9.17) is 16.3 Å². The van der Waals surface area contributed by atoms with Gasteiger partial charge in [0.2, 0.25) is 0 Å². The summed E-state index contributed by atoms with van der Waals surface area (Å²) in [5.41, 5.74) is 1.69. The highest BCUT2D eigenvalue weighted by Gasteiger charge is 2.32. The van der Waals surface area contributed by atoms with Crippen molar-refractivity contribution in [3.63, 3.8) is 0 Å². The van der Waals surface area contributed by atoms with Crippen LogP contribution in [0.3, 0.4) is 0 Å². The van der Waals surface area contributed by atoms with Crippen LogP contribution in [-0.2, 0) is 0 Å². The summed E-state index contributed by atoms with van der Waals surface area (Å²) in [5, 5.41) is 0.682. The van der Waals surface area contributed by atoms with E-state index in [2.05, 4.69) is 6.92 Å². The SMILES string of the molecule is CCCCCOc1ccc(C(=O)N2CCSC2c2ccccc2Cl)cc1. The van der Waals surface area contributed by atoms with Crippen molar-refractivity contribution in [3.8, 4) is 5.75 Å². The minimum Gasteiger partial charge on any atom is -0.494 e. The molecule has 1 fully saturated rings. The first-order chi connectivity index (χ1) is 12.7. The van der Waals surface area contributed by atoms with Gasteiger partial charge in [0.25, 0.3) is 5.91 Å². The van der Waals surface area contributed by atoms with Crippen molar-refractivity contribution in [3.05, 3.63) is 64.7 Å². The van der Waals surface area contributed by atoms with E-state index in [1.165, 1.54) is 12.8 Å². The maximum Gasteiger partial charge on any atom is 0.255 e. The van der Waals surface area contributed by atoms with Gasteiger partial charge in [-0.05, 0) is 36.8 Å². The van der Waals surface area contributed by atoms with Crippen LogP contribution in [0, 0.1) is 0 Å². The lowest BCUT2D eigenvalue weighted by Crippen LogP contribution is -2.30. The Morgan fingerprint density at radius 1 is 1.19 bits per heavy atom. The molecule has 3 nitrogen and oxygen atoms in total. The number of hydrogen-bond donors (Lipinski definition) is 0. The van der Waals surface area contributed by atoms with Crippen molar-refractivity contribution in [2.75, 3.05) is 18.9 Å². The maximum absolute atomic E-state index is 13.0. The summed E-state index contributed by atoms with van der Waals surface area (Å²) in [4.78, 5) is 14.9. The van der Waals surface area contributed by atoms with E-state index in [9.17, 15) is 4.79 Å². The van der Waals surface area contributed by atoms with E-state index >= 15 is 0 Å². The summed E-state index contributed by atoms with van der Waals surface area (Å²) in [6.45, 7) is 3.63. The second-order valence-electron chi connectivity index (χ2n) is 6.32. The van der Waals surface area contributed by atoms with Gasteiger partial charge in [-0.25, -0.2) is 0 Å². The highest BCUT2D eigenvalue weighted by atomic mass is 35.5. The van der Waals surface area contributed by atoms with Gasteiger partial charge in [0.1, 0.15) is 11.1 Å². The van der Waals surface area contributed by atoms with Gasteiger partial charge in [-0.2, -0.15) is 0 Å². The number of thioether (sulfide) groups is 1. The van der Waals surface area contributed by atoms with Crippen LogP contribution < -0.4 is 4.74 Å². The summed E-state index contributed by atoms with van der Waals surface area (Å²) in [6, 6.07) is 15.2. The predicted octanol–water partition coefficient (Wildman–Crippen LogP) is 5.80. The lowest BCUT2D eigenvalue weighted by Gasteiger charge is -2.25. The maximum atomic E-state index is 13.0. The molecule has 1 atom stereocenters. The largest absolute Gasteiger partial charge is 0.494 e. The molecule has 1 amide bonds. The van der Waals surface area contributed by atoms with Gasteiger partial charge in [0.05, 0.1) is 6.61 Å². The molecule has 0 N–H and O–H groups in total. The molecule has 0 aliphatic carbocycles.